The summed E-state index contributed by atoms with van der Waals surface area (Å²) in [6.45, 7) is 0. The Kier molecular flexibility index (Phi) is 3.82. The van der Waals surface area contributed by atoms with Crippen LogP contribution in [0.25, 0.3) is 0 Å². The molecule has 0 unspecified atom stereocenters. The maximum Gasteiger partial charge on any atom is 0.411 e. The Balaban J connectivity index is 2.72. The van der Waals surface area contributed by atoms with Crippen LogP contribution in [0.4, 0.5) is 4.79 Å². The third kappa shape index (κ3) is 2.41. The van der Waals surface area contributed by atoms with Gasteiger partial charge in [0.2, 0.25) is 0 Å². The van der Waals surface area contributed by atoms with Crippen molar-refractivity contribution < 1.29 is 19.1 Å². The van der Waals surface area contributed by atoms with Crippen LogP contribution in [-0.2, 0) is 14.3 Å². The molecule has 0 aromatic heterocycles. The Morgan fingerprint density at radius 1 is 1.36 bits per heavy atom. The molecule has 0 aromatic rings. The van der Waals surface area contributed by atoms with Crippen molar-refractivity contribution in [1.29, 1.82) is 0 Å². The van der Waals surface area contributed by atoms with E-state index in [1.54, 1.807) is 0 Å². The average Bonchev–Trinajstić information content (AvgIpc) is 2.64. The molecule has 0 aromatic carbocycles. The lowest BCUT2D eigenvalue weighted by atomic mass is 10.3. The van der Waals surface area contributed by atoms with Gasteiger partial charge in [-0.3, -0.25) is 5.32 Å². The highest BCUT2D eigenvalue weighted by Crippen LogP contribution is 2.30. The molecule has 0 saturated heterocycles. The fourth-order valence-electron chi connectivity index (χ4n) is 1.02. The maximum absolute atomic E-state index is 11.2. The van der Waals surface area contributed by atoms with Crippen molar-refractivity contribution in [2.75, 3.05) is 20.0 Å². The first-order chi connectivity index (χ1) is 6.69. The summed E-state index contributed by atoms with van der Waals surface area (Å²) < 4.78 is 9.00. The first kappa shape index (κ1) is 10.9. The van der Waals surface area contributed by atoms with Crippen LogP contribution in [0.15, 0.2) is 10.6 Å². The quantitative estimate of drug-likeness (QED) is 0.695. The summed E-state index contributed by atoms with van der Waals surface area (Å²) >= 11 is 1.37. The second-order valence-electron chi connectivity index (χ2n) is 2.51. The number of methoxy groups -OCH3 is 2. The lowest BCUT2D eigenvalue weighted by Crippen LogP contribution is -2.23. The van der Waals surface area contributed by atoms with Crippen molar-refractivity contribution in [2.24, 2.45) is 0 Å². The van der Waals surface area contributed by atoms with Gasteiger partial charge in [0, 0.05) is 11.4 Å². The first-order valence-electron chi connectivity index (χ1n) is 3.98. The lowest BCUT2D eigenvalue weighted by Gasteiger charge is -2.05. The van der Waals surface area contributed by atoms with Crippen molar-refractivity contribution in [3.63, 3.8) is 0 Å². The molecule has 0 fully saturated rings. The van der Waals surface area contributed by atoms with Gasteiger partial charge in [-0.15, -0.1) is 11.8 Å². The van der Waals surface area contributed by atoms with Crippen LogP contribution in [0.1, 0.15) is 6.42 Å². The van der Waals surface area contributed by atoms with Crippen LogP contribution in [-0.4, -0.2) is 32.0 Å². The van der Waals surface area contributed by atoms with Crippen LogP contribution >= 0.6 is 11.8 Å². The number of esters is 1. The molecule has 0 radical (unpaired) electrons. The molecular formula is C8H11NO4S. The average molecular weight is 217 g/mol. The Hall–Kier alpha value is -1.17. The van der Waals surface area contributed by atoms with Gasteiger partial charge in [-0.1, -0.05) is 0 Å². The number of amides is 1. The van der Waals surface area contributed by atoms with E-state index in [4.69, 9.17) is 0 Å². The molecule has 0 aliphatic carbocycles. The van der Waals surface area contributed by atoms with Crippen molar-refractivity contribution in [2.45, 2.75) is 6.42 Å². The van der Waals surface area contributed by atoms with Crippen LogP contribution < -0.4 is 5.32 Å². The first-order valence-corrected chi connectivity index (χ1v) is 4.96. The third-order valence-corrected chi connectivity index (χ3v) is 2.79. The number of ether oxygens (including phenoxy) is 2. The predicted molar refractivity (Wildman–Crippen MR) is 51.7 cm³/mol. The van der Waals surface area contributed by atoms with Crippen LogP contribution in [0.5, 0.6) is 0 Å². The summed E-state index contributed by atoms with van der Waals surface area (Å²) in [5.74, 6) is 0.350. The van der Waals surface area contributed by atoms with Crippen molar-refractivity contribution in [3.05, 3.63) is 10.6 Å². The second kappa shape index (κ2) is 4.90. The predicted octanol–water partition coefficient (Wildman–Crippen LogP) is 0.864. The zero-order valence-electron chi connectivity index (χ0n) is 7.96. The number of thioether (sulfide) groups is 1. The van der Waals surface area contributed by atoms with Crippen LogP contribution in [0.2, 0.25) is 0 Å². The molecule has 1 amide bonds. The SMILES string of the molecule is COC(=O)NC1=C(C(=O)OC)SCC1. The summed E-state index contributed by atoms with van der Waals surface area (Å²) in [6, 6.07) is 0. The molecular weight excluding hydrogens is 206 g/mol. The summed E-state index contributed by atoms with van der Waals surface area (Å²) in [4.78, 5) is 22.6. The van der Waals surface area contributed by atoms with E-state index >= 15 is 0 Å². The number of carbonyl (C=O) groups excluding carboxylic acids is 2. The number of rotatable bonds is 2. The zero-order chi connectivity index (χ0) is 10.6. The van der Waals surface area contributed by atoms with E-state index in [0.29, 0.717) is 17.0 Å². The Bertz CT molecular complexity index is 287. The highest BCUT2D eigenvalue weighted by Gasteiger charge is 2.23. The Morgan fingerprint density at radius 2 is 2.07 bits per heavy atom. The number of alkyl carbamates (subject to hydrolysis) is 1. The van der Waals surface area contributed by atoms with E-state index in [0.717, 1.165) is 5.75 Å². The van der Waals surface area contributed by atoms with Crippen LogP contribution in [0.3, 0.4) is 0 Å². The standard InChI is InChI=1S/C8H11NO4S/c1-12-7(10)6-5(3-4-14-6)9-8(11)13-2/h3-4H2,1-2H3,(H,9,11). The van der Waals surface area contributed by atoms with Gasteiger partial charge in [0.25, 0.3) is 0 Å². The topological polar surface area (TPSA) is 64.6 Å². The van der Waals surface area contributed by atoms with E-state index in [-0.39, 0.29) is 0 Å². The minimum Gasteiger partial charge on any atom is -0.465 e. The summed E-state index contributed by atoms with van der Waals surface area (Å²) in [5, 5.41) is 2.49. The minimum absolute atomic E-state index is 0.418. The van der Waals surface area contributed by atoms with Gasteiger partial charge >= 0.3 is 12.1 Å². The lowest BCUT2D eigenvalue weighted by molar-refractivity contribution is -0.135. The van der Waals surface area contributed by atoms with Crippen LogP contribution in [0, 0.1) is 0 Å². The summed E-state index contributed by atoms with van der Waals surface area (Å²) in [7, 11) is 2.58. The molecule has 0 saturated carbocycles. The van der Waals surface area contributed by atoms with E-state index in [1.807, 2.05) is 0 Å². The van der Waals surface area contributed by atoms with Crippen molar-refractivity contribution in [3.8, 4) is 0 Å². The Labute approximate surface area is 85.8 Å². The molecule has 1 aliphatic heterocycles. The van der Waals surface area contributed by atoms with E-state index in [2.05, 4.69) is 14.8 Å². The highest BCUT2D eigenvalue weighted by atomic mass is 32.2. The molecule has 5 nitrogen and oxygen atoms in total. The number of allylic oxidation sites excluding steroid dienone is 1. The number of carbonyl (C=O) groups is 2. The molecule has 1 N–H and O–H groups in total. The zero-order valence-corrected chi connectivity index (χ0v) is 8.77. The smallest absolute Gasteiger partial charge is 0.411 e. The van der Waals surface area contributed by atoms with Gasteiger partial charge in [-0.25, -0.2) is 9.59 Å². The van der Waals surface area contributed by atoms with Crippen molar-refractivity contribution in [1.82, 2.24) is 5.32 Å². The van der Waals surface area contributed by atoms with E-state index < -0.39 is 12.1 Å². The normalized spacial score (nSPS) is 15.3. The van der Waals surface area contributed by atoms with E-state index in [9.17, 15) is 9.59 Å². The fourth-order valence-corrected chi connectivity index (χ4v) is 2.06. The summed E-state index contributed by atoms with van der Waals surface area (Å²) in [6.07, 6.45) is 0.0772. The molecule has 1 heterocycles. The minimum atomic E-state index is -0.566. The fraction of sp³-hybridized carbons (Fsp3) is 0.500. The highest BCUT2D eigenvalue weighted by molar-refractivity contribution is 8.04. The summed E-state index contributed by atoms with van der Waals surface area (Å²) in [5.41, 5.74) is 0.578. The number of hydrogen-bond acceptors (Lipinski definition) is 5. The van der Waals surface area contributed by atoms with Gasteiger partial charge in [0.05, 0.1) is 14.2 Å². The maximum atomic E-state index is 11.2. The Morgan fingerprint density at radius 3 is 2.64 bits per heavy atom. The largest absolute Gasteiger partial charge is 0.465 e. The van der Waals surface area contributed by atoms with E-state index in [1.165, 1.54) is 26.0 Å². The van der Waals surface area contributed by atoms with Gasteiger partial charge in [0.1, 0.15) is 4.91 Å². The molecule has 1 aliphatic rings. The molecule has 78 valence electrons. The molecule has 0 bridgehead atoms. The second-order valence-corrected chi connectivity index (χ2v) is 3.62. The van der Waals surface area contributed by atoms with Gasteiger partial charge < -0.3 is 9.47 Å². The monoisotopic (exact) mass is 217 g/mol. The molecule has 0 spiro atoms. The molecule has 0 atom stereocenters. The number of nitrogens with one attached hydrogen (secondary N) is 1. The van der Waals surface area contributed by atoms with Crippen molar-refractivity contribution >= 4 is 23.8 Å². The number of hydrogen-bond donors (Lipinski definition) is 1. The van der Waals surface area contributed by atoms with Gasteiger partial charge in [-0.2, -0.15) is 0 Å². The third-order valence-electron chi connectivity index (χ3n) is 1.68. The van der Waals surface area contributed by atoms with Gasteiger partial charge in [-0.05, 0) is 6.42 Å². The molecule has 6 heteroatoms. The van der Waals surface area contributed by atoms with Gasteiger partial charge in [0.15, 0.2) is 0 Å². The molecule has 1 rings (SSSR count). The molecule has 14 heavy (non-hydrogen) atoms.